The maximum Gasteiger partial charge on any atom is 0.303 e. The van der Waals surface area contributed by atoms with Crippen molar-refractivity contribution >= 4 is 41.2 Å². The maximum absolute atomic E-state index is 14.2. The summed E-state index contributed by atoms with van der Waals surface area (Å²) in [7, 11) is 0. The van der Waals surface area contributed by atoms with Crippen LogP contribution in [0.25, 0.3) is 0 Å². The zero-order chi connectivity index (χ0) is 29.7. The van der Waals surface area contributed by atoms with Gasteiger partial charge in [0.1, 0.15) is 11.7 Å². The zero-order valence-corrected chi connectivity index (χ0v) is 23.0. The number of benzene rings is 1. The maximum atomic E-state index is 14.2. The van der Waals surface area contributed by atoms with Crippen LogP contribution in [0.15, 0.2) is 59.7 Å². The molecule has 41 heavy (non-hydrogen) atoms. The van der Waals surface area contributed by atoms with Gasteiger partial charge < -0.3 is 14.8 Å². The summed E-state index contributed by atoms with van der Waals surface area (Å²) in [6.45, 7) is 5.68. The summed E-state index contributed by atoms with van der Waals surface area (Å²) >= 11 is 0. The quantitative estimate of drug-likeness (QED) is 0.271. The molecule has 0 radical (unpaired) electrons. The predicted octanol–water partition coefficient (Wildman–Crippen LogP) is 1.39. The number of fused-ring (bicyclic) bond motifs is 1. The number of aromatic nitrogens is 3. The van der Waals surface area contributed by atoms with Crippen LogP contribution in [-0.2, 0) is 30.4 Å². The number of nitrogens with zero attached hydrogens (tertiary/aromatic N) is 3. The Labute approximate surface area is 235 Å². The lowest BCUT2D eigenvalue weighted by molar-refractivity contribution is -0.688. The Morgan fingerprint density at radius 1 is 1.07 bits per heavy atom. The monoisotopic (exact) mass is 563 g/mol. The minimum Gasteiger partial charge on any atom is -0.459 e. The second-order valence-corrected chi connectivity index (χ2v) is 9.56. The summed E-state index contributed by atoms with van der Waals surface area (Å²) in [6.07, 6.45) is 1.35. The Bertz CT molecular complexity index is 1520. The molecule has 1 aliphatic rings. The molecule has 2 amide bonds. The van der Waals surface area contributed by atoms with E-state index in [1.807, 2.05) is 41.1 Å². The summed E-state index contributed by atoms with van der Waals surface area (Å²) in [5.41, 5.74) is 0.391. The number of pyridine rings is 1. The molecule has 0 bridgehead atoms. The third kappa shape index (κ3) is 6.93. The van der Waals surface area contributed by atoms with Crippen molar-refractivity contribution in [1.82, 2.24) is 9.97 Å². The Morgan fingerprint density at radius 2 is 1.78 bits per heavy atom. The van der Waals surface area contributed by atoms with Crippen LogP contribution >= 0.6 is 0 Å². The first-order valence-corrected chi connectivity index (χ1v) is 12.9. The highest BCUT2D eigenvalue weighted by molar-refractivity contribution is 6.08. The lowest BCUT2D eigenvalue weighted by Gasteiger charge is -2.41. The lowest BCUT2D eigenvalue weighted by atomic mass is 10.00. The Kier molecular flexibility index (Phi) is 8.75. The minimum atomic E-state index is -1.14. The zero-order valence-electron chi connectivity index (χ0n) is 23.0. The van der Waals surface area contributed by atoms with E-state index in [2.05, 4.69) is 20.6 Å². The molecule has 13 nitrogen and oxygen atoms in total. The lowest BCUT2D eigenvalue weighted by Crippen LogP contribution is -2.59. The SMILES string of the molecule is CC(=O)Nc1nc2c(c(=O)[nH]1)N(C(=O)c1ccc[n+](Cc3ccccc3)c1)[C@@H]([C@@H](OC(C)=O)[C@@H](C)OC(C)=O)CN2. The summed E-state index contributed by atoms with van der Waals surface area (Å²) < 4.78 is 12.7. The molecule has 0 spiro atoms. The van der Waals surface area contributed by atoms with Crippen LogP contribution in [0.3, 0.4) is 0 Å². The van der Waals surface area contributed by atoms with Gasteiger partial charge >= 0.3 is 11.9 Å². The molecule has 0 fully saturated rings. The van der Waals surface area contributed by atoms with Crippen molar-refractivity contribution in [1.29, 1.82) is 0 Å². The second kappa shape index (κ2) is 12.4. The molecule has 2 aromatic heterocycles. The van der Waals surface area contributed by atoms with E-state index in [0.717, 1.165) is 5.56 Å². The molecule has 3 heterocycles. The van der Waals surface area contributed by atoms with Gasteiger partial charge in [0.2, 0.25) is 11.9 Å². The van der Waals surface area contributed by atoms with Gasteiger partial charge in [-0.1, -0.05) is 30.3 Å². The first-order chi connectivity index (χ1) is 19.5. The van der Waals surface area contributed by atoms with Crippen LogP contribution in [0.2, 0.25) is 0 Å². The highest BCUT2D eigenvalue weighted by Gasteiger charge is 2.44. The number of nitrogens with one attached hydrogen (secondary N) is 3. The topological polar surface area (TPSA) is 164 Å². The molecule has 0 saturated heterocycles. The molecule has 3 atom stereocenters. The van der Waals surface area contributed by atoms with E-state index < -0.39 is 47.6 Å². The van der Waals surface area contributed by atoms with Crippen LogP contribution in [0.1, 0.15) is 43.6 Å². The molecule has 0 unspecified atom stereocenters. The van der Waals surface area contributed by atoms with E-state index in [1.165, 1.54) is 32.6 Å². The standard InChI is InChI=1S/C28H30N6O7/c1-16(40-18(3)36)24(41-19(4)37)22-13-29-25-23(26(38)32-28(31-25)30-17(2)35)34(22)27(39)21-11-8-12-33(15-21)14-20-9-6-5-7-10-20/h5-12,15-16,22,24H,13-14H2,1-4H3,(H2-,29,30,31,32,35,38)/p+1/t16-,22-,24+/m1/s1. The van der Waals surface area contributed by atoms with Gasteiger partial charge in [0.25, 0.3) is 11.5 Å². The first-order valence-electron chi connectivity index (χ1n) is 12.9. The Balaban J connectivity index is 1.81. The number of hydrogen-bond donors (Lipinski definition) is 3. The number of anilines is 3. The number of esters is 2. The van der Waals surface area contributed by atoms with Crippen molar-refractivity contribution in [2.45, 2.75) is 52.5 Å². The molecular weight excluding hydrogens is 532 g/mol. The van der Waals surface area contributed by atoms with E-state index in [1.54, 1.807) is 18.3 Å². The number of aromatic amines is 1. The van der Waals surface area contributed by atoms with Crippen LogP contribution in [0.5, 0.6) is 0 Å². The van der Waals surface area contributed by atoms with E-state index in [9.17, 15) is 24.0 Å². The number of H-pyrrole nitrogens is 1. The average molecular weight is 564 g/mol. The largest absolute Gasteiger partial charge is 0.459 e. The minimum absolute atomic E-state index is 0.0187. The molecule has 13 heteroatoms. The average Bonchev–Trinajstić information content (AvgIpc) is 2.90. The van der Waals surface area contributed by atoms with Crippen LogP contribution in [-0.4, -0.2) is 58.5 Å². The van der Waals surface area contributed by atoms with Crippen molar-refractivity contribution in [2.24, 2.45) is 0 Å². The highest BCUT2D eigenvalue weighted by Crippen LogP contribution is 2.31. The molecule has 1 aliphatic heterocycles. The van der Waals surface area contributed by atoms with Crippen LogP contribution in [0, 0.1) is 0 Å². The van der Waals surface area contributed by atoms with Gasteiger partial charge in [0.15, 0.2) is 36.5 Å². The van der Waals surface area contributed by atoms with Crippen molar-refractivity contribution < 1.29 is 33.2 Å². The highest BCUT2D eigenvalue weighted by atomic mass is 16.6. The van der Waals surface area contributed by atoms with Gasteiger partial charge in [-0.2, -0.15) is 9.55 Å². The van der Waals surface area contributed by atoms with Gasteiger partial charge in [0.05, 0.1) is 6.04 Å². The van der Waals surface area contributed by atoms with Crippen LogP contribution in [0.4, 0.5) is 17.5 Å². The van der Waals surface area contributed by atoms with Gasteiger partial charge in [-0.15, -0.1) is 0 Å². The molecule has 1 aromatic carbocycles. The summed E-state index contributed by atoms with van der Waals surface area (Å²) in [6, 6.07) is 12.0. The van der Waals surface area contributed by atoms with E-state index in [0.29, 0.717) is 6.54 Å². The van der Waals surface area contributed by atoms with Crippen molar-refractivity contribution in [3.63, 3.8) is 0 Å². The summed E-state index contributed by atoms with van der Waals surface area (Å²) in [5, 5.41) is 5.42. The van der Waals surface area contributed by atoms with Gasteiger partial charge in [-0.05, 0) is 13.0 Å². The van der Waals surface area contributed by atoms with Gasteiger partial charge in [0, 0.05) is 38.9 Å². The number of ether oxygens (including phenoxy) is 2. The third-order valence-corrected chi connectivity index (χ3v) is 6.27. The molecule has 3 N–H and O–H groups in total. The fourth-order valence-corrected chi connectivity index (χ4v) is 4.70. The summed E-state index contributed by atoms with van der Waals surface area (Å²) in [5.74, 6) is -2.37. The number of rotatable bonds is 8. The predicted molar refractivity (Wildman–Crippen MR) is 147 cm³/mol. The van der Waals surface area contributed by atoms with Crippen LogP contribution < -0.4 is 25.7 Å². The van der Waals surface area contributed by atoms with Crippen molar-refractivity contribution in [3.05, 3.63) is 76.3 Å². The third-order valence-electron chi connectivity index (χ3n) is 6.27. The second-order valence-electron chi connectivity index (χ2n) is 9.56. The summed E-state index contributed by atoms with van der Waals surface area (Å²) in [4.78, 5) is 71.0. The van der Waals surface area contributed by atoms with E-state index in [4.69, 9.17) is 9.47 Å². The number of hydrogen-bond acceptors (Lipinski definition) is 9. The smallest absolute Gasteiger partial charge is 0.303 e. The van der Waals surface area contributed by atoms with Crippen molar-refractivity contribution in [3.8, 4) is 0 Å². The molecule has 0 saturated carbocycles. The fourth-order valence-electron chi connectivity index (χ4n) is 4.70. The fraction of sp³-hybridized carbons (Fsp3) is 0.321. The molecular formula is C28H31N6O7+. The normalized spacial score (nSPS) is 15.5. The van der Waals surface area contributed by atoms with Gasteiger partial charge in [-0.25, -0.2) is 0 Å². The first kappa shape index (κ1) is 28.9. The molecule has 0 aliphatic carbocycles. The molecule has 214 valence electrons. The number of amides is 2. The van der Waals surface area contributed by atoms with Gasteiger partial charge in [-0.3, -0.25) is 39.2 Å². The van der Waals surface area contributed by atoms with Crippen molar-refractivity contribution in [2.75, 3.05) is 22.1 Å². The molecule has 3 aromatic rings. The molecule has 4 rings (SSSR count). The Hall–Kier alpha value is -5.07. The number of carbonyl (C=O) groups excluding carboxylic acids is 4. The van der Waals surface area contributed by atoms with E-state index in [-0.39, 0.29) is 29.6 Å². The number of carbonyl (C=O) groups is 4. The Morgan fingerprint density at radius 3 is 2.44 bits per heavy atom. The van der Waals surface area contributed by atoms with E-state index >= 15 is 0 Å².